The van der Waals surface area contributed by atoms with Gasteiger partial charge < -0.3 is 9.84 Å². The van der Waals surface area contributed by atoms with Crippen LogP contribution in [-0.4, -0.2) is 35.3 Å². The number of imide groups is 1. The second-order valence-corrected chi connectivity index (χ2v) is 7.50. The molecule has 0 unspecified atom stereocenters. The van der Waals surface area contributed by atoms with Gasteiger partial charge >= 0.3 is 12.2 Å². The Bertz CT molecular complexity index is 360. The van der Waals surface area contributed by atoms with Crippen molar-refractivity contribution in [1.82, 2.24) is 4.90 Å². The zero-order chi connectivity index (χ0) is 20.2. The van der Waals surface area contributed by atoms with Crippen LogP contribution < -0.4 is 0 Å². The van der Waals surface area contributed by atoms with E-state index in [1.807, 2.05) is 0 Å². The zero-order valence-corrected chi connectivity index (χ0v) is 17.8. The minimum atomic E-state index is -1.22. The maximum absolute atomic E-state index is 11.9. The maximum Gasteiger partial charge on any atom is 0.419 e. The smallest absolute Gasteiger partial charge is 0.419 e. The number of ether oxygens (including phenoxy) is 1. The van der Waals surface area contributed by atoms with Crippen LogP contribution in [0, 0.1) is 0 Å². The summed E-state index contributed by atoms with van der Waals surface area (Å²) in [7, 11) is 0. The molecule has 0 heterocycles. The molecular weight excluding hydrogens is 342 g/mol. The van der Waals surface area contributed by atoms with Crippen molar-refractivity contribution in [3.63, 3.8) is 0 Å². The Labute approximate surface area is 166 Å². The second-order valence-electron chi connectivity index (χ2n) is 7.50. The van der Waals surface area contributed by atoms with Crippen molar-refractivity contribution in [3.05, 3.63) is 0 Å². The molecule has 0 saturated carbocycles. The van der Waals surface area contributed by atoms with Crippen LogP contribution in [0.2, 0.25) is 0 Å². The molecule has 0 aromatic carbocycles. The van der Waals surface area contributed by atoms with E-state index in [9.17, 15) is 9.59 Å². The highest BCUT2D eigenvalue weighted by atomic mass is 16.6. The van der Waals surface area contributed by atoms with Crippen LogP contribution in [0.25, 0.3) is 0 Å². The largest absolute Gasteiger partial charge is 0.465 e. The third-order valence-electron chi connectivity index (χ3n) is 4.91. The summed E-state index contributed by atoms with van der Waals surface area (Å²) in [4.78, 5) is 23.8. The van der Waals surface area contributed by atoms with E-state index in [2.05, 4.69) is 13.8 Å². The summed E-state index contributed by atoms with van der Waals surface area (Å²) < 4.78 is 5.12. The SMILES string of the molecule is CCCCCCCCCCCCCCOC(=O)N(CCCCCC)C(=O)O. The first-order valence-corrected chi connectivity index (χ1v) is 11.3. The molecule has 160 valence electrons. The van der Waals surface area contributed by atoms with E-state index in [0.29, 0.717) is 13.0 Å². The van der Waals surface area contributed by atoms with Crippen molar-refractivity contribution in [1.29, 1.82) is 0 Å². The van der Waals surface area contributed by atoms with Crippen LogP contribution in [0.1, 0.15) is 117 Å². The van der Waals surface area contributed by atoms with Crippen LogP contribution in [0.5, 0.6) is 0 Å². The van der Waals surface area contributed by atoms with Gasteiger partial charge in [-0.15, -0.1) is 0 Å². The number of amides is 2. The normalized spacial score (nSPS) is 10.7. The van der Waals surface area contributed by atoms with Gasteiger partial charge in [-0.25, -0.2) is 14.5 Å². The van der Waals surface area contributed by atoms with Crippen LogP contribution in [0.4, 0.5) is 9.59 Å². The molecule has 0 aromatic rings. The van der Waals surface area contributed by atoms with Crippen LogP contribution in [0.15, 0.2) is 0 Å². The summed E-state index contributed by atoms with van der Waals surface area (Å²) in [6.45, 7) is 4.89. The molecule has 0 aliphatic rings. The fourth-order valence-electron chi connectivity index (χ4n) is 3.14. The summed E-state index contributed by atoms with van der Waals surface area (Å²) in [5.41, 5.74) is 0. The van der Waals surface area contributed by atoms with Gasteiger partial charge in [-0.05, 0) is 12.8 Å². The molecule has 0 atom stereocenters. The van der Waals surface area contributed by atoms with Crippen LogP contribution in [-0.2, 0) is 4.74 Å². The third-order valence-corrected chi connectivity index (χ3v) is 4.91. The number of carbonyl (C=O) groups is 2. The van der Waals surface area contributed by atoms with Crippen molar-refractivity contribution < 1.29 is 19.4 Å². The third kappa shape index (κ3) is 16.6. The first-order valence-electron chi connectivity index (χ1n) is 11.3. The molecule has 0 rings (SSSR count). The van der Waals surface area contributed by atoms with Gasteiger partial charge in [0.1, 0.15) is 0 Å². The van der Waals surface area contributed by atoms with Gasteiger partial charge in [0.05, 0.1) is 6.61 Å². The number of unbranched alkanes of at least 4 members (excludes halogenated alkanes) is 14. The molecule has 0 aromatic heterocycles. The average molecular weight is 386 g/mol. The number of hydrogen-bond acceptors (Lipinski definition) is 3. The predicted octanol–water partition coefficient (Wildman–Crippen LogP) is 7.38. The van der Waals surface area contributed by atoms with E-state index in [4.69, 9.17) is 9.84 Å². The van der Waals surface area contributed by atoms with E-state index in [1.165, 1.54) is 57.8 Å². The van der Waals surface area contributed by atoms with Gasteiger partial charge in [-0.2, -0.15) is 0 Å². The lowest BCUT2D eigenvalue weighted by Gasteiger charge is -2.16. The van der Waals surface area contributed by atoms with E-state index >= 15 is 0 Å². The standard InChI is InChI=1S/C22H43NO4/c1-3-5-7-9-10-11-12-13-14-15-16-18-20-27-22(26)23(21(24)25)19-17-8-6-4-2/h3-20H2,1-2H3,(H,24,25). The molecule has 0 aliphatic heterocycles. The van der Waals surface area contributed by atoms with Crippen molar-refractivity contribution in [3.8, 4) is 0 Å². The molecular formula is C22H43NO4. The Kier molecular flexibility index (Phi) is 18.6. The highest BCUT2D eigenvalue weighted by Gasteiger charge is 2.21. The lowest BCUT2D eigenvalue weighted by molar-refractivity contribution is 0.0924. The van der Waals surface area contributed by atoms with E-state index in [-0.39, 0.29) is 6.54 Å². The lowest BCUT2D eigenvalue weighted by Crippen LogP contribution is -2.37. The van der Waals surface area contributed by atoms with Crippen LogP contribution >= 0.6 is 0 Å². The van der Waals surface area contributed by atoms with Gasteiger partial charge in [0.2, 0.25) is 0 Å². The second kappa shape index (κ2) is 19.5. The Morgan fingerprint density at radius 1 is 0.667 bits per heavy atom. The van der Waals surface area contributed by atoms with Crippen LogP contribution in [0.3, 0.4) is 0 Å². The summed E-state index contributed by atoms with van der Waals surface area (Å²) in [6, 6.07) is 0. The first-order chi connectivity index (χ1) is 13.1. The summed E-state index contributed by atoms with van der Waals surface area (Å²) in [6.07, 6.45) is 16.9. The quantitative estimate of drug-likeness (QED) is 0.250. The summed E-state index contributed by atoms with van der Waals surface area (Å²) >= 11 is 0. The van der Waals surface area contributed by atoms with Gasteiger partial charge in [-0.1, -0.05) is 104 Å². The van der Waals surface area contributed by atoms with Gasteiger partial charge in [0.25, 0.3) is 0 Å². The summed E-state index contributed by atoms with van der Waals surface area (Å²) in [5, 5.41) is 9.13. The van der Waals surface area contributed by atoms with Gasteiger partial charge in [0.15, 0.2) is 0 Å². The van der Waals surface area contributed by atoms with Crippen molar-refractivity contribution >= 4 is 12.2 Å². The monoisotopic (exact) mass is 385 g/mol. The van der Waals surface area contributed by atoms with Crippen molar-refractivity contribution in [2.24, 2.45) is 0 Å². The van der Waals surface area contributed by atoms with Crippen molar-refractivity contribution in [2.45, 2.75) is 117 Å². The Hall–Kier alpha value is -1.26. The number of carbonyl (C=O) groups excluding carboxylic acids is 1. The molecule has 0 saturated heterocycles. The van der Waals surface area contributed by atoms with Crippen molar-refractivity contribution in [2.75, 3.05) is 13.2 Å². The molecule has 0 spiro atoms. The van der Waals surface area contributed by atoms with E-state index < -0.39 is 12.2 Å². The number of rotatable bonds is 18. The fourth-order valence-corrected chi connectivity index (χ4v) is 3.14. The minimum Gasteiger partial charge on any atom is -0.465 e. The molecule has 2 amide bonds. The molecule has 0 radical (unpaired) electrons. The molecule has 27 heavy (non-hydrogen) atoms. The van der Waals surface area contributed by atoms with Gasteiger partial charge in [0, 0.05) is 6.54 Å². The average Bonchev–Trinajstić information content (AvgIpc) is 2.65. The molecule has 1 N–H and O–H groups in total. The predicted molar refractivity (Wildman–Crippen MR) is 111 cm³/mol. The number of hydrogen-bond donors (Lipinski definition) is 1. The minimum absolute atomic E-state index is 0.229. The van der Waals surface area contributed by atoms with E-state index in [1.54, 1.807) is 0 Å². The lowest BCUT2D eigenvalue weighted by atomic mass is 10.1. The number of nitrogens with zero attached hydrogens (tertiary/aromatic N) is 1. The zero-order valence-electron chi connectivity index (χ0n) is 17.8. The molecule has 0 fully saturated rings. The van der Waals surface area contributed by atoms with Gasteiger partial charge in [-0.3, -0.25) is 0 Å². The fraction of sp³-hybridized carbons (Fsp3) is 0.909. The number of carboxylic acid groups (broad SMARTS) is 1. The van der Waals surface area contributed by atoms with E-state index in [0.717, 1.165) is 43.4 Å². The maximum atomic E-state index is 11.9. The first kappa shape index (κ1) is 25.7. The highest BCUT2D eigenvalue weighted by Crippen LogP contribution is 2.12. The summed E-state index contributed by atoms with van der Waals surface area (Å²) in [5.74, 6) is 0. The highest BCUT2D eigenvalue weighted by molar-refractivity contribution is 5.86. The molecule has 0 bridgehead atoms. The topological polar surface area (TPSA) is 66.8 Å². The Balaban J connectivity index is 3.53. The Morgan fingerprint density at radius 3 is 1.52 bits per heavy atom. The molecule has 5 heteroatoms. The Morgan fingerprint density at radius 2 is 1.07 bits per heavy atom. The molecule has 0 aliphatic carbocycles. The molecule has 5 nitrogen and oxygen atoms in total.